The second-order valence-corrected chi connectivity index (χ2v) is 6.04. The van der Waals surface area contributed by atoms with E-state index in [1.54, 1.807) is 11.0 Å². The van der Waals surface area contributed by atoms with E-state index in [1.807, 2.05) is 6.92 Å². The summed E-state index contributed by atoms with van der Waals surface area (Å²) < 4.78 is 0. The Labute approximate surface area is 109 Å². The third-order valence-electron chi connectivity index (χ3n) is 3.61. The van der Waals surface area contributed by atoms with E-state index in [0.717, 1.165) is 12.0 Å². The number of amides is 1. The Hall–Kier alpha value is -1.32. The molecule has 4 nitrogen and oxygen atoms in total. The van der Waals surface area contributed by atoms with E-state index in [1.165, 1.54) is 0 Å². The first-order chi connectivity index (χ1) is 8.21. The van der Waals surface area contributed by atoms with Crippen LogP contribution in [0.4, 0.5) is 0 Å². The van der Waals surface area contributed by atoms with Gasteiger partial charge in [-0.2, -0.15) is 0 Å². The standard InChI is InChI=1S/C14H23NO3/c1-10(14(2,3)4)8-12(16)15-7-5-6-11(9-15)13(17)18/h8,11H,5-7,9H2,1-4H3,(H,17,18)/b10-8+/t11-/m1/s1. The molecule has 0 aromatic heterocycles. The van der Waals surface area contributed by atoms with Crippen molar-refractivity contribution < 1.29 is 14.7 Å². The van der Waals surface area contributed by atoms with Gasteiger partial charge in [0.05, 0.1) is 5.92 Å². The molecule has 1 heterocycles. The van der Waals surface area contributed by atoms with Crippen LogP contribution in [0.1, 0.15) is 40.5 Å². The van der Waals surface area contributed by atoms with Crippen molar-refractivity contribution in [1.29, 1.82) is 0 Å². The molecule has 1 fully saturated rings. The third-order valence-corrected chi connectivity index (χ3v) is 3.61. The Balaban J connectivity index is 2.70. The fourth-order valence-corrected chi connectivity index (χ4v) is 1.87. The SMILES string of the molecule is C/C(=C\C(=O)N1CCC[C@@H](C(=O)O)C1)C(C)(C)C. The molecule has 0 aromatic rings. The summed E-state index contributed by atoms with van der Waals surface area (Å²) in [6.45, 7) is 9.11. The summed E-state index contributed by atoms with van der Waals surface area (Å²) in [6.07, 6.45) is 3.08. The van der Waals surface area contributed by atoms with Crippen LogP contribution in [0, 0.1) is 11.3 Å². The molecule has 0 bridgehead atoms. The number of aliphatic carboxylic acids is 1. The monoisotopic (exact) mass is 253 g/mol. The van der Waals surface area contributed by atoms with Gasteiger partial charge >= 0.3 is 5.97 Å². The summed E-state index contributed by atoms with van der Waals surface area (Å²) in [5.41, 5.74) is 0.988. The molecule has 1 aliphatic rings. The fraction of sp³-hybridized carbons (Fsp3) is 0.714. The topological polar surface area (TPSA) is 57.6 Å². The Kier molecular flexibility index (Phi) is 4.54. The van der Waals surface area contributed by atoms with Gasteiger partial charge in [-0.1, -0.05) is 26.3 Å². The average molecular weight is 253 g/mol. The first kappa shape index (κ1) is 14.7. The Morgan fingerprint density at radius 3 is 2.44 bits per heavy atom. The van der Waals surface area contributed by atoms with Crippen molar-refractivity contribution in [3.63, 3.8) is 0 Å². The molecule has 4 heteroatoms. The summed E-state index contributed by atoms with van der Waals surface area (Å²) in [5, 5.41) is 9.00. The highest BCUT2D eigenvalue weighted by atomic mass is 16.4. The van der Waals surface area contributed by atoms with Gasteiger partial charge in [0.2, 0.25) is 5.91 Å². The predicted octanol–water partition coefficient (Wildman–Crippen LogP) is 2.30. The van der Waals surface area contributed by atoms with Gasteiger partial charge < -0.3 is 10.0 Å². The molecule has 1 atom stereocenters. The van der Waals surface area contributed by atoms with E-state index in [9.17, 15) is 9.59 Å². The number of carbonyl (C=O) groups is 2. The van der Waals surface area contributed by atoms with Gasteiger partial charge in [0, 0.05) is 19.2 Å². The Morgan fingerprint density at radius 2 is 1.94 bits per heavy atom. The van der Waals surface area contributed by atoms with E-state index < -0.39 is 11.9 Å². The second-order valence-electron chi connectivity index (χ2n) is 6.04. The number of piperidine rings is 1. The number of carboxylic acid groups (broad SMARTS) is 1. The maximum atomic E-state index is 12.1. The molecule has 1 amide bonds. The molecule has 0 aromatic carbocycles. The molecule has 0 aliphatic carbocycles. The zero-order chi connectivity index (χ0) is 13.9. The number of allylic oxidation sites excluding steroid dienone is 1. The lowest BCUT2D eigenvalue weighted by Crippen LogP contribution is -2.41. The molecule has 102 valence electrons. The number of hydrogen-bond acceptors (Lipinski definition) is 2. The maximum absolute atomic E-state index is 12.1. The van der Waals surface area contributed by atoms with Crippen LogP contribution in [0.3, 0.4) is 0 Å². The summed E-state index contributed by atoms with van der Waals surface area (Å²) in [4.78, 5) is 24.7. The van der Waals surface area contributed by atoms with Gasteiger partial charge in [-0.05, 0) is 25.2 Å². The van der Waals surface area contributed by atoms with Crippen LogP contribution in [0.25, 0.3) is 0 Å². The van der Waals surface area contributed by atoms with Crippen molar-refractivity contribution >= 4 is 11.9 Å². The molecule has 1 N–H and O–H groups in total. The number of rotatable bonds is 2. The van der Waals surface area contributed by atoms with Crippen LogP contribution in [0.5, 0.6) is 0 Å². The van der Waals surface area contributed by atoms with Crippen molar-refractivity contribution in [3.8, 4) is 0 Å². The van der Waals surface area contributed by atoms with Gasteiger partial charge in [-0.15, -0.1) is 0 Å². The highest BCUT2D eigenvalue weighted by molar-refractivity contribution is 5.89. The van der Waals surface area contributed by atoms with Crippen LogP contribution in [-0.4, -0.2) is 35.0 Å². The molecule has 0 saturated carbocycles. The minimum atomic E-state index is -0.802. The molecular formula is C14H23NO3. The van der Waals surface area contributed by atoms with E-state index in [0.29, 0.717) is 19.5 Å². The predicted molar refractivity (Wildman–Crippen MR) is 70.2 cm³/mol. The Morgan fingerprint density at radius 1 is 1.33 bits per heavy atom. The fourth-order valence-electron chi connectivity index (χ4n) is 1.87. The highest BCUT2D eigenvalue weighted by Gasteiger charge is 2.27. The number of carbonyl (C=O) groups excluding carboxylic acids is 1. The largest absolute Gasteiger partial charge is 0.481 e. The van der Waals surface area contributed by atoms with Crippen LogP contribution < -0.4 is 0 Å². The molecule has 18 heavy (non-hydrogen) atoms. The average Bonchev–Trinajstić information content (AvgIpc) is 2.27. The second kappa shape index (κ2) is 5.55. The smallest absolute Gasteiger partial charge is 0.308 e. The van der Waals surface area contributed by atoms with Gasteiger partial charge in [0.25, 0.3) is 0 Å². The minimum absolute atomic E-state index is 0.0301. The van der Waals surface area contributed by atoms with Gasteiger partial charge in [0.15, 0.2) is 0 Å². The summed E-state index contributed by atoms with van der Waals surface area (Å²) in [6, 6.07) is 0. The van der Waals surface area contributed by atoms with Crippen molar-refractivity contribution in [3.05, 3.63) is 11.6 Å². The minimum Gasteiger partial charge on any atom is -0.481 e. The van der Waals surface area contributed by atoms with E-state index >= 15 is 0 Å². The van der Waals surface area contributed by atoms with Crippen LogP contribution in [-0.2, 0) is 9.59 Å². The van der Waals surface area contributed by atoms with Crippen molar-refractivity contribution in [1.82, 2.24) is 4.90 Å². The molecular weight excluding hydrogens is 230 g/mol. The Bertz CT molecular complexity index is 366. The maximum Gasteiger partial charge on any atom is 0.308 e. The quantitative estimate of drug-likeness (QED) is 0.768. The highest BCUT2D eigenvalue weighted by Crippen LogP contribution is 2.25. The zero-order valence-corrected chi connectivity index (χ0v) is 11.7. The lowest BCUT2D eigenvalue weighted by Gasteiger charge is -2.30. The number of carboxylic acids is 1. The molecule has 0 spiro atoms. The first-order valence-electron chi connectivity index (χ1n) is 6.42. The number of hydrogen-bond donors (Lipinski definition) is 1. The third kappa shape index (κ3) is 3.86. The van der Waals surface area contributed by atoms with Gasteiger partial charge in [-0.25, -0.2) is 0 Å². The van der Waals surface area contributed by atoms with Crippen LogP contribution >= 0.6 is 0 Å². The first-order valence-corrected chi connectivity index (χ1v) is 6.42. The van der Waals surface area contributed by atoms with Crippen molar-refractivity contribution in [2.75, 3.05) is 13.1 Å². The summed E-state index contributed by atoms with van der Waals surface area (Å²) in [7, 11) is 0. The molecule has 1 aliphatic heterocycles. The lowest BCUT2D eigenvalue weighted by molar-refractivity contribution is -0.144. The summed E-state index contributed by atoms with van der Waals surface area (Å²) in [5.74, 6) is -1.27. The van der Waals surface area contributed by atoms with E-state index in [-0.39, 0.29) is 11.3 Å². The van der Waals surface area contributed by atoms with Crippen LogP contribution in [0.2, 0.25) is 0 Å². The van der Waals surface area contributed by atoms with E-state index in [4.69, 9.17) is 5.11 Å². The lowest BCUT2D eigenvalue weighted by atomic mass is 9.87. The zero-order valence-electron chi connectivity index (χ0n) is 11.7. The van der Waals surface area contributed by atoms with E-state index in [2.05, 4.69) is 20.8 Å². The molecule has 1 rings (SSSR count). The van der Waals surface area contributed by atoms with Crippen molar-refractivity contribution in [2.45, 2.75) is 40.5 Å². The van der Waals surface area contributed by atoms with Gasteiger partial charge in [-0.3, -0.25) is 9.59 Å². The number of likely N-dealkylation sites (tertiary alicyclic amines) is 1. The van der Waals surface area contributed by atoms with Gasteiger partial charge in [0.1, 0.15) is 0 Å². The molecule has 1 saturated heterocycles. The number of nitrogens with zero attached hydrogens (tertiary/aromatic N) is 1. The molecule has 0 unspecified atom stereocenters. The molecule has 0 radical (unpaired) electrons. The van der Waals surface area contributed by atoms with Crippen molar-refractivity contribution in [2.24, 2.45) is 11.3 Å². The normalized spacial score (nSPS) is 21.9. The van der Waals surface area contributed by atoms with Crippen LogP contribution in [0.15, 0.2) is 11.6 Å². The summed E-state index contributed by atoms with van der Waals surface area (Å²) >= 11 is 0.